The van der Waals surface area contributed by atoms with E-state index in [2.05, 4.69) is 65.9 Å². The molecule has 1 N–H and O–H groups in total. The Morgan fingerprint density at radius 2 is 1.85 bits per heavy atom. The molecule has 20 heavy (non-hydrogen) atoms. The van der Waals surface area contributed by atoms with E-state index >= 15 is 0 Å². The lowest BCUT2D eigenvalue weighted by atomic mass is 10.0. The van der Waals surface area contributed by atoms with Gasteiger partial charge in [-0.2, -0.15) is 0 Å². The molecular weight excluding hydrogens is 244 g/mol. The first kappa shape index (κ1) is 14.1. The molecule has 2 nitrogen and oxygen atoms in total. The zero-order valence-corrected chi connectivity index (χ0v) is 11.7. The molecule has 0 aromatic heterocycles. The van der Waals surface area contributed by atoms with E-state index in [9.17, 15) is 0 Å². The topological polar surface area (TPSA) is 24.4 Å². The molecule has 2 aromatic carbocycles. The van der Waals surface area contributed by atoms with Crippen LogP contribution in [0, 0.1) is 0 Å². The first-order chi connectivity index (χ1) is 9.83. The Labute approximate surface area is 120 Å². The van der Waals surface area contributed by atoms with Crippen molar-refractivity contribution in [2.45, 2.75) is 6.42 Å². The summed E-state index contributed by atoms with van der Waals surface area (Å²) in [4.78, 5) is 4.49. The van der Waals surface area contributed by atoms with Crippen LogP contribution < -0.4 is 5.32 Å². The van der Waals surface area contributed by atoms with Crippen LogP contribution in [0.3, 0.4) is 0 Å². The lowest BCUT2D eigenvalue weighted by Gasteiger charge is -2.09. The molecule has 0 heterocycles. The van der Waals surface area contributed by atoms with E-state index < -0.39 is 0 Å². The monoisotopic (exact) mass is 264 g/mol. The molecule has 0 aliphatic carbocycles. The van der Waals surface area contributed by atoms with Gasteiger partial charge in [-0.1, -0.05) is 54.6 Å². The standard InChI is InChI=1S/C18H20N2/c1-3-11-19-18(20-12-4-2)14-15-9-10-16-7-5-6-8-17(16)13-15/h3-10,13H,1-2,11-12,14H2,(H,19,20). The average molecular weight is 264 g/mol. The zero-order valence-electron chi connectivity index (χ0n) is 11.7. The number of rotatable bonds is 6. The van der Waals surface area contributed by atoms with E-state index in [1.807, 2.05) is 6.08 Å². The predicted octanol–water partition coefficient (Wildman–Crippen LogP) is 3.74. The van der Waals surface area contributed by atoms with Crippen LogP contribution >= 0.6 is 0 Å². The molecule has 0 unspecified atom stereocenters. The lowest BCUT2D eigenvalue weighted by molar-refractivity contribution is 0.986. The molecule has 0 atom stereocenters. The van der Waals surface area contributed by atoms with E-state index in [-0.39, 0.29) is 0 Å². The van der Waals surface area contributed by atoms with Crippen molar-refractivity contribution < 1.29 is 0 Å². The molecule has 0 aliphatic heterocycles. The molecule has 0 amide bonds. The first-order valence-corrected chi connectivity index (χ1v) is 6.80. The fourth-order valence-electron chi connectivity index (χ4n) is 2.08. The van der Waals surface area contributed by atoms with Crippen molar-refractivity contribution in [1.82, 2.24) is 5.32 Å². The largest absolute Gasteiger partial charge is 0.370 e. The maximum absolute atomic E-state index is 4.49. The molecule has 0 bridgehead atoms. The Balaban J connectivity index is 2.18. The molecule has 0 saturated heterocycles. The molecular formula is C18H20N2. The third-order valence-corrected chi connectivity index (χ3v) is 3.05. The summed E-state index contributed by atoms with van der Waals surface area (Å²) in [5.74, 6) is 0.972. The molecule has 2 heteroatoms. The summed E-state index contributed by atoms with van der Waals surface area (Å²) in [7, 11) is 0. The summed E-state index contributed by atoms with van der Waals surface area (Å²) in [5.41, 5.74) is 1.25. The van der Waals surface area contributed by atoms with Gasteiger partial charge in [0.2, 0.25) is 0 Å². The summed E-state index contributed by atoms with van der Waals surface area (Å²) in [6.45, 7) is 8.79. The number of nitrogens with zero attached hydrogens (tertiary/aromatic N) is 1. The van der Waals surface area contributed by atoms with Gasteiger partial charge >= 0.3 is 0 Å². The minimum atomic E-state index is 0.632. The molecule has 0 radical (unpaired) electrons. The second-order valence-corrected chi connectivity index (χ2v) is 4.60. The number of nitrogens with one attached hydrogen (secondary N) is 1. The maximum atomic E-state index is 4.49. The molecule has 2 aromatic rings. The Bertz CT molecular complexity index is 626. The fraction of sp³-hybridized carbons (Fsp3) is 0.167. The first-order valence-electron chi connectivity index (χ1n) is 6.80. The highest BCUT2D eigenvalue weighted by atomic mass is 15.0. The number of fused-ring (bicyclic) bond motifs is 1. The van der Waals surface area contributed by atoms with Gasteiger partial charge in [0, 0.05) is 13.0 Å². The summed E-state index contributed by atoms with van der Waals surface area (Å²) in [6.07, 6.45) is 4.44. The van der Waals surface area contributed by atoms with Crippen molar-refractivity contribution in [1.29, 1.82) is 0 Å². The molecule has 2 rings (SSSR count). The van der Waals surface area contributed by atoms with Gasteiger partial charge in [0.05, 0.1) is 6.54 Å². The SMILES string of the molecule is C=CCN=C(Cc1ccc2ccccc2c1)NCC=C. The second-order valence-electron chi connectivity index (χ2n) is 4.60. The summed E-state index contributed by atoms with van der Waals surface area (Å²) in [6, 6.07) is 14.9. The van der Waals surface area contributed by atoms with Crippen LogP contribution in [0.4, 0.5) is 0 Å². The molecule has 0 fully saturated rings. The number of aliphatic imine (C=N–C) groups is 1. The van der Waals surface area contributed by atoms with Crippen molar-refractivity contribution in [2.24, 2.45) is 4.99 Å². The average Bonchev–Trinajstić information content (AvgIpc) is 2.50. The van der Waals surface area contributed by atoms with Gasteiger partial charge in [0.1, 0.15) is 5.84 Å². The van der Waals surface area contributed by atoms with Crippen LogP contribution in [0.1, 0.15) is 5.56 Å². The highest BCUT2D eigenvalue weighted by molar-refractivity contribution is 5.87. The second kappa shape index (κ2) is 7.29. The Morgan fingerprint density at radius 3 is 2.60 bits per heavy atom. The van der Waals surface area contributed by atoms with Gasteiger partial charge < -0.3 is 5.32 Å². The number of benzene rings is 2. The van der Waals surface area contributed by atoms with E-state index in [4.69, 9.17) is 0 Å². The normalized spacial score (nSPS) is 11.3. The van der Waals surface area contributed by atoms with Crippen LogP contribution in [-0.2, 0) is 6.42 Å². The predicted molar refractivity (Wildman–Crippen MR) is 88.4 cm³/mol. The third kappa shape index (κ3) is 3.82. The van der Waals surface area contributed by atoms with E-state index in [1.54, 1.807) is 6.08 Å². The Hall–Kier alpha value is -2.35. The number of hydrogen-bond acceptors (Lipinski definition) is 1. The minimum absolute atomic E-state index is 0.632. The molecule has 0 saturated carbocycles. The zero-order chi connectivity index (χ0) is 14.2. The number of amidine groups is 1. The van der Waals surface area contributed by atoms with Gasteiger partial charge in [0.25, 0.3) is 0 Å². The van der Waals surface area contributed by atoms with Crippen molar-refractivity contribution in [3.63, 3.8) is 0 Å². The van der Waals surface area contributed by atoms with Crippen LogP contribution in [0.25, 0.3) is 10.8 Å². The highest BCUT2D eigenvalue weighted by Crippen LogP contribution is 2.16. The highest BCUT2D eigenvalue weighted by Gasteiger charge is 2.01. The van der Waals surface area contributed by atoms with Crippen LogP contribution in [0.2, 0.25) is 0 Å². The molecule has 0 aliphatic rings. The van der Waals surface area contributed by atoms with Crippen molar-refractivity contribution in [3.05, 3.63) is 73.3 Å². The number of hydrogen-bond donors (Lipinski definition) is 1. The van der Waals surface area contributed by atoms with Gasteiger partial charge in [-0.15, -0.1) is 13.2 Å². The maximum Gasteiger partial charge on any atom is 0.101 e. The van der Waals surface area contributed by atoms with Gasteiger partial charge in [0.15, 0.2) is 0 Å². The van der Waals surface area contributed by atoms with E-state index in [0.717, 1.165) is 18.8 Å². The Kier molecular flexibility index (Phi) is 5.13. The van der Waals surface area contributed by atoms with Crippen molar-refractivity contribution in [2.75, 3.05) is 13.1 Å². The fourth-order valence-corrected chi connectivity index (χ4v) is 2.08. The van der Waals surface area contributed by atoms with Gasteiger partial charge in [-0.25, -0.2) is 0 Å². The van der Waals surface area contributed by atoms with Crippen molar-refractivity contribution in [3.8, 4) is 0 Å². The summed E-state index contributed by atoms with van der Waals surface area (Å²) >= 11 is 0. The molecule has 0 spiro atoms. The minimum Gasteiger partial charge on any atom is -0.370 e. The Morgan fingerprint density at radius 1 is 1.05 bits per heavy atom. The lowest BCUT2D eigenvalue weighted by Crippen LogP contribution is -2.25. The molecule has 102 valence electrons. The van der Waals surface area contributed by atoms with Crippen LogP contribution in [0.5, 0.6) is 0 Å². The van der Waals surface area contributed by atoms with Gasteiger partial charge in [-0.05, 0) is 16.3 Å². The van der Waals surface area contributed by atoms with Gasteiger partial charge in [-0.3, -0.25) is 4.99 Å². The summed E-state index contributed by atoms with van der Waals surface area (Å²) < 4.78 is 0. The van der Waals surface area contributed by atoms with E-state index in [0.29, 0.717) is 6.54 Å². The van der Waals surface area contributed by atoms with Crippen LogP contribution in [0.15, 0.2) is 72.8 Å². The van der Waals surface area contributed by atoms with Crippen LogP contribution in [-0.4, -0.2) is 18.9 Å². The third-order valence-electron chi connectivity index (χ3n) is 3.05. The smallest absolute Gasteiger partial charge is 0.101 e. The quantitative estimate of drug-likeness (QED) is 0.480. The van der Waals surface area contributed by atoms with E-state index in [1.165, 1.54) is 16.3 Å². The summed E-state index contributed by atoms with van der Waals surface area (Å²) in [5, 5.41) is 5.81. The van der Waals surface area contributed by atoms with Crippen molar-refractivity contribution >= 4 is 16.6 Å².